The predicted octanol–water partition coefficient (Wildman–Crippen LogP) is 3.49. The van der Waals surface area contributed by atoms with Gasteiger partial charge in [-0.15, -0.1) is 0 Å². The maximum atomic E-state index is 12.3. The molecule has 0 aromatic heterocycles. The van der Waals surface area contributed by atoms with E-state index < -0.39 is 10.0 Å². The first-order valence-corrected chi connectivity index (χ1v) is 8.40. The Morgan fingerprint density at radius 3 is 2.57 bits per heavy atom. The van der Waals surface area contributed by atoms with Gasteiger partial charge in [0.05, 0.1) is 28.4 Å². The number of anilines is 2. The van der Waals surface area contributed by atoms with Crippen LogP contribution in [0.1, 0.15) is 0 Å². The summed E-state index contributed by atoms with van der Waals surface area (Å²) in [5.74, 6) is 0.291. The van der Waals surface area contributed by atoms with Gasteiger partial charge in [-0.1, -0.05) is 27.5 Å². The second-order valence-corrected chi connectivity index (χ2v) is 7.14. The van der Waals surface area contributed by atoms with Crippen LogP contribution in [-0.4, -0.2) is 15.5 Å². The molecule has 0 unspecified atom stereocenters. The molecule has 21 heavy (non-hydrogen) atoms. The van der Waals surface area contributed by atoms with Crippen LogP contribution < -0.4 is 15.2 Å². The van der Waals surface area contributed by atoms with Crippen molar-refractivity contribution in [2.45, 2.75) is 4.90 Å². The van der Waals surface area contributed by atoms with Crippen LogP contribution in [0.25, 0.3) is 0 Å². The van der Waals surface area contributed by atoms with Gasteiger partial charge >= 0.3 is 0 Å². The first-order chi connectivity index (χ1) is 9.83. The molecule has 0 aliphatic heterocycles. The normalized spacial score (nSPS) is 11.2. The maximum absolute atomic E-state index is 12.3. The fourth-order valence-electron chi connectivity index (χ4n) is 1.63. The zero-order valence-corrected chi connectivity index (χ0v) is 14.1. The van der Waals surface area contributed by atoms with E-state index in [0.717, 1.165) is 4.47 Å². The van der Waals surface area contributed by atoms with Crippen molar-refractivity contribution in [1.29, 1.82) is 0 Å². The molecule has 5 nitrogen and oxygen atoms in total. The molecule has 0 fully saturated rings. The van der Waals surface area contributed by atoms with Gasteiger partial charge in [0, 0.05) is 10.5 Å². The Morgan fingerprint density at radius 2 is 1.95 bits per heavy atom. The largest absolute Gasteiger partial charge is 0.495 e. The van der Waals surface area contributed by atoms with Crippen LogP contribution in [0.5, 0.6) is 5.75 Å². The molecule has 2 rings (SSSR count). The Kier molecular flexibility index (Phi) is 4.65. The number of sulfonamides is 1. The van der Waals surface area contributed by atoms with Crippen LogP contribution in [0.15, 0.2) is 45.8 Å². The molecular weight excluding hydrogens is 380 g/mol. The first-order valence-electron chi connectivity index (χ1n) is 5.75. The minimum absolute atomic E-state index is 0.0348. The van der Waals surface area contributed by atoms with Crippen LogP contribution >= 0.6 is 27.5 Å². The zero-order chi connectivity index (χ0) is 15.6. The fraction of sp³-hybridized carbons (Fsp3) is 0.0769. The van der Waals surface area contributed by atoms with Gasteiger partial charge in [0.25, 0.3) is 10.0 Å². The summed E-state index contributed by atoms with van der Waals surface area (Å²) in [6.45, 7) is 0. The molecule has 0 saturated heterocycles. The Hall–Kier alpha value is -1.44. The van der Waals surface area contributed by atoms with E-state index in [1.54, 1.807) is 18.2 Å². The second kappa shape index (κ2) is 6.13. The summed E-state index contributed by atoms with van der Waals surface area (Å²) < 4.78 is 32.9. The molecule has 0 bridgehead atoms. The number of benzene rings is 2. The summed E-state index contributed by atoms with van der Waals surface area (Å²) in [7, 11) is -2.37. The predicted molar refractivity (Wildman–Crippen MR) is 87.4 cm³/mol. The molecule has 0 spiro atoms. The Morgan fingerprint density at radius 1 is 1.24 bits per heavy atom. The van der Waals surface area contributed by atoms with Crippen molar-refractivity contribution in [3.63, 3.8) is 0 Å². The van der Waals surface area contributed by atoms with Gasteiger partial charge < -0.3 is 10.5 Å². The number of nitrogens with two attached hydrogens (primary N) is 1. The third kappa shape index (κ3) is 3.61. The van der Waals surface area contributed by atoms with E-state index in [9.17, 15) is 8.42 Å². The van der Waals surface area contributed by atoms with Gasteiger partial charge in [0.2, 0.25) is 0 Å². The van der Waals surface area contributed by atoms with Crippen molar-refractivity contribution in [2.24, 2.45) is 0 Å². The topological polar surface area (TPSA) is 81.4 Å². The van der Waals surface area contributed by atoms with E-state index >= 15 is 0 Å². The Labute approximate surface area is 136 Å². The first kappa shape index (κ1) is 15.9. The number of halogens is 2. The fourth-order valence-corrected chi connectivity index (χ4v) is 3.51. The summed E-state index contributed by atoms with van der Waals surface area (Å²) in [6.07, 6.45) is 0. The number of hydrogen-bond acceptors (Lipinski definition) is 4. The Bertz CT molecular complexity index is 781. The molecule has 8 heteroatoms. The lowest BCUT2D eigenvalue weighted by Gasteiger charge is -2.11. The average Bonchev–Trinajstić information content (AvgIpc) is 2.42. The van der Waals surface area contributed by atoms with E-state index in [-0.39, 0.29) is 15.6 Å². The average molecular weight is 392 g/mol. The molecular formula is C13H12BrClN2O3S. The van der Waals surface area contributed by atoms with Crippen molar-refractivity contribution in [2.75, 3.05) is 17.6 Å². The molecule has 0 saturated carbocycles. The highest BCUT2D eigenvalue weighted by Crippen LogP contribution is 2.29. The smallest absolute Gasteiger partial charge is 0.262 e. The molecule has 0 aliphatic rings. The lowest BCUT2D eigenvalue weighted by molar-refractivity contribution is 0.415. The number of rotatable bonds is 4. The van der Waals surface area contributed by atoms with E-state index in [1.807, 2.05) is 0 Å². The monoisotopic (exact) mass is 390 g/mol. The van der Waals surface area contributed by atoms with Gasteiger partial charge in [0.1, 0.15) is 5.75 Å². The number of ether oxygens (including phenoxy) is 1. The molecule has 0 aliphatic carbocycles. The van der Waals surface area contributed by atoms with Crippen LogP contribution in [0.2, 0.25) is 5.02 Å². The van der Waals surface area contributed by atoms with Crippen molar-refractivity contribution in [1.82, 2.24) is 0 Å². The van der Waals surface area contributed by atoms with E-state index in [0.29, 0.717) is 11.4 Å². The molecule has 112 valence electrons. The van der Waals surface area contributed by atoms with Crippen LogP contribution in [0.4, 0.5) is 11.4 Å². The summed E-state index contributed by atoms with van der Waals surface area (Å²) in [4.78, 5) is 0.0348. The SMILES string of the molecule is COc1cc(S(=O)(=O)Nc2ccc(Br)cc2Cl)ccc1N. The minimum atomic E-state index is -3.78. The summed E-state index contributed by atoms with van der Waals surface area (Å²) in [5.41, 5.74) is 6.32. The van der Waals surface area contributed by atoms with Crippen molar-refractivity contribution >= 4 is 48.9 Å². The minimum Gasteiger partial charge on any atom is -0.495 e. The molecule has 2 aromatic carbocycles. The summed E-state index contributed by atoms with van der Waals surface area (Å²) in [6, 6.07) is 9.07. The van der Waals surface area contributed by atoms with Crippen LogP contribution in [0, 0.1) is 0 Å². The van der Waals surface area contributed by atoms with E-state index in [2.05, 4.69) is 20.7 Å². The molecule has 0 radical (unpaired) electrons. The third-order valence-corrected chi connectivity index (χ3v) is 4.86. The van der Waals surface area contributed by atoms with Crippen LogP contribution in [0.3, 0.4) is 0 Å². The summed E-state index contributed by atoms with van der Waals surface area (Å²) in [5, 5.41) is 0.287. The van der Waals surface area contributed by atoms with Gasteiger partial charge in [-0.25, -0.2) is 8.42 Å². The standard InChI is InChI=1S/C13H12BrClN2O3S/c1-20-13-7-9(3-4-11(13)16)21(18,19)17-12-5-2-8(14)6-10(12)15/h2-7,17H,16H2,1H3. The third-order valence-electron chi connectivity index (χ3n) is 2.69. The molecule has 0 atom stereocenters. The lowest BCUT2D eigenvalue weighted by atomic mass is 10.3. The van der Waals surface area contributed by atoms with E-state index in [4.69, 9.17) is 22.1 Å². The Balaban J connectivity index is 2.38. The van der Waals surface area contributed by atoms with E-state index in [1.165, 1.54) is 25.3 Å². The molecule has 2 aromatic rings. The quantitative estimate of drug-likeness (QED) is 0.782. The highest BCUT2D eigenvalue weighted by Gasteiger charge is 2.17. The molecule has 0 heterocycles. The number of methoxy groups -OCH3 is 1. The molecule has 0 amide bonds. The highest BCUT2D eigenvalue weighted by molar-refractivity contribution is 9.10. The zero-order valence-electron chi connectivity index (χ0n) is 10.9. The number of nitrogens with one attached hydrogen (secondary N) is 1. The number of hydrogen-bond donors (Lipinski definition) is 2. The maximum Gasteiger partial charge on any atom is 0.262 e. The van der Waals surface area contributed by atoms with Crippen molar-refractivity contribution in [3.8, 4) is 5.75 Å². The lowest BCUT2D eigenvalue weighted by Crippen LogP contribution is -2.13. The van der Waals surface area contributed by atoms with Gasteiger partial charge in [-0.2, -0.15) is 0 Å². The second-order valence-electron chi connectivity index (χ2n) is 4.13. The van der Waals surface area contributed by atoms with Crippen molar-refractivity contribution in [3.05, 3.63) is 45.9 Å². The van der Waals surface area contributed by atoms with Gasteiger partial charge in [-0.3, -0.25) is 4.72 Å². The summed E-state index contributed by atoms with van der Waals surface area (Å²) >= 11 is 9.26. The highest BCUT2D eigenvalue weighted by atomic mass is 79.9. The van der Waals surface area contributed by atoms with Gasteiger partial charge in [0.15, 0.2) is 0 Å². The van der Waals surface area contributed by atoms with Crippen LogP contribution in [-0.2, 0) is 10.0 Å². The van der Waals surface area contributed by atoms with Gasteiger partial charge in [-0.05, 0) is 30.3 Å². The van der Waals surface area contributed by atoms with Crippen molar-refractivity contribution < 1.29 is 13.2 Å². The molecule has 3 N–H and O–H groups in total. The number of nitrogen functional groups attached to an aromatic ring is 1.